The number of nitrogens with zero attached hydrogens (tertiary/aromatic N) is 2. The normalized spacial score (nSPS) is 11.1. The maximum atomic E-state index is 12.7. The molecule has 4 aromatic rings. The van der Waals surface area contributed by atoms with Gasteiger partial charge in [0.2, 0.25) is 0 Å². The minimum absolute atomic E-state index is 0.421. The highest BCUT2D eigenvalue weighted by molar-refractivity contribution is 6.02. The van der Waals surface area contributed by atoms with Crippen molar-refractivity contribution in [2.75, 3.05) is 14.2 Å². The van der Waals surface area contributed by atoms with E-state index in [-0.39, 0.29) is 0 Å². The number of benzene rings is 2. The number of unbranched alkanes of at least 4 members (excludes halogenated alkanes) is 1. The zero-order valence-corrected chi connectivity index (χ0v) is 20.9. The lowest BCUT2D eigenvalue weighted by atomic mass is 10.0. The molecule has 0 saturated heterocycles. The molecule has 2 N–H and O–H groups in total. The number of carbonyl (C=O) groups excluding carboxylic acids is 1. The molecule has 0 spiro atoms. The van der Waals surface area contributed by atoms with Crippen LogP contribution in [-0.2, 0) is 19.4 Å². The smallest absolute Gasteiger partial charge is 0.251 e. The lowest BCUT2D eigenvalue weighted by molar-refractivity contribution is 0.1000. The minimum Gasteiger partial charge on any atom is -0.493 e. The van der Waals surface area contributed by atoms with Gasteiger partial charge in [-0.3, -0.25) is 4.79 Å². The lowest BCUT2D eigenvalue weighted by Gasteiger charge is -2.14. The van der Waals surface area contributed by atoms with Crippen LogP contribution in [0.5, 0.6) is 11.5 Å². The van der Waals surface area contributed by atoms with Crippen LogP contribution in [0.3, 0.4) is 0 Å². The van der Waals surface area contributed by atoms with Gasteiger partial charge in [-0.1, -0.05) is 43.7 Å². The molecule has 1 amide bonds. The highest BCUT2D eigenvalue weighted by Crippen LogP contribution is 2.34. The van der Waals surface area contributed by atoms with Gasteiger partial charge in [0, 0.05) is 28.9 Å². The number of carbonyl (C=O) groups is 1. The van der Waals surface area contributed by atoms with Crippen LogP contribution in [0, 0.1) is 6.92 Å². The summed E-state index contributed by atoms with van der Waals surface area (Å²) in [6.45, 7) is 4.87. The summed E-state index contributed by atoms with van der Waals surface area (Å²) >= 11 is 0. The highest BCUT2D eigenvalue weighted by atomic mass is 16.5. The summed E-state index contributed by atoms with van der Waals surface area (Å²) in [6, 6.07) is 18.0. The van der Waals surface area contributed by atoms with Gasteiger partial charge < -0.3 is 19.8 Å². The standard InChI is InChI=1S/C29H33N3O3/c1-5-6-11-24-28(23-14-13-21-9-7-8-10-22(21)31-23)27(29(30)33)19(2)32(24)17-16-20-12-15-25(34-3)26(18-20)35-4/h7-10,12-15,18H,5-6,11,16-17H2,1-4H3,(H2,30,33). The average molecular weight is 472 g/mol. The lowest BCUT2D eigenvalue weighted by Crippen LogP contribution is -2.14. The molecule has 0 aliphatic rings. The Morgan fingerprint density at radius 2 is 1.77 bits per heavy atom. The summed E-state index contributed by atoms with van der Waals surface area (Å²) in [7, 11) is 3.27. The van der Waals surface area contributed by atoms with E-state index in [1.165, 1.54) is 0 Å². The molecule has 0 radical (unpaired) electrons. The van der Waals surface area contributed by atoms with Crippen molar-refractivity contribution in [3.05, 3.63) is 77.1 Å². The summed E-state index contributed by atoms with van der Waals surface area (Å²) in [5.41, 5.74) is 12.2. The molecular weight excluding hydrogens is 438 g/mol. The molecule has 2 aromatic heterocycles. The second-order valence-electron chi connectivity index (χ2n) is 8.73. The molecule has 182 valence electrons. The number of para-hydroxylation sites is 1. The number of nitrogens with two attached hydrogens (primary N) is 1. The number of fused-ring (bicyclic) bond motifs is 1. The Labute approximate surface area is 206 Å². The fraction of sp³-hybridized carbons (Fsp3) is 0.310. The Balaban J connectivity index is 1.80. The molecule has 2 heterocycles. The fourth-order valence-corrected chi connectivity index (χ4v) is 4.76. The van der Waals surface area contributed by atoms with Crippen molar-refractivity contribution in [2.45, 2.75) is 46.1 Å². The van der Waals surface area contributed by atoms with Crippen molar-refractivity contribution in [1.82, 2.24) is 9.55 Å². The third kappa shape index (κ3) is 4.87. The molecule has 0 fully saturated rings. The van der Waals surface area contributed by atoms with E-state index in [2.05, 4.69) is 17.6 Å². The maximum Gasteiger partial charge on any atom is 0.251 e. The van der Waals surface area contributed by atoms with E-state index < -0.39 is 5.91 Å². The molecule has 4 rings (SSSR count). The minimum atomic E-state index is -0.421. The van der Waals surface area contributed by atoms with Gasteiger partial charge in [0.05, 0.1) is 31.0 Å². The van der Waals surface area contributed by atoms with E-state index in [1.54, 1.807) is 14.2 Å². The van der Waals surface area contributed by atoms with Gasteiger partial charge in [0.15, 0.2) is 11.5 Å². The van der Waals surface area contributed by atoms with E-state index in [0.717, 1.165) is 64.8 Å². The Morgan fingerprint density at radius 1 is 1.00 bits per heavy atom. The molecule has 0 aliphatic heterocycles. The SMILES string of the molecule is CCCCc1c(-c2ccc3ccccc3n2)c(C(N)=O)c(C)n1CCc1ccc(OC)c(OC)c1. The molecule has 0 bridgehead atoms. The molecule has 0 aliphatic carbocycles. The van der Waals surface area contributed by atoms with E-state index in [9.17, 15) is 4.79 Å². The van der Waals surface area contributed by atoms with Gasteiger partial charge in [-0.2, -0.15) is 0 Å². The van der Waals surface area contributed by atoms with Crippen LogP contribution in [-0.4, -0.2) is 29.7 Å². The molecule has 0 unspecified atom stereocenters. The topological polar surface area (TPSA) is 79.4 Å². The van der Waals surface area contributed by atoms with Crippen LogP contribution in [0.2, 0.25) is 0 Å². The van der Waals surface area contributed by atoms with E-state index in [0.29, 0.717) is 23.6 Å². The van der Waals surface area contributed by atoms with Crippen LogP contribution in [0.15, 0.2) is 54.6 Å². The number of aryl methyl sites for hydroxylation is 1. The quantitative estimate of drug-likeness (QED) is 0.321. The van der Waals surface area contributed by atoms with Crippen LogP contribution >= 0.6 is 0 Å². The van der Waals surface area contributed by atoms with Crippen molar-refractivity contribution in [1.29, 1.82) is 0 Å². The van der Waals surface area contributed by atoms with Crippen molar-refractivity contribution in [2.24, 2.45) is 5.73 Å². The van der Waals surface area contributed by atoms with Gasteiger partial charge in [-0.15, -0.1) is 0 Å². The Morgan fingerprint density at radius 3 is 2.49 bits per heavy atom. The van der Waals surface area contributed by atoms with Crippen LogP contribution in [0.25, 0.3) is 22.2 Å². The zero-order chi connectivity index (χ0) is 24.9. The highest BCUT2D eigenvalue weighted by Gasteiger charge is 2.25. The van der Waals surface area contributed by atoms with Crippen LogP contribution < -0.4 is 15.2 Å². The number of pyridine rings is 1. The molecule has 6 heteroatoms. The van der Waals surface area contributed by atoms with E-state index >= 15 is 0 Å². The monoisotopic (exact) mass is 471 g/mol. The molecular formula is C29H33N3O3. The Bertz CT molecular complexity index is 1360. The maximum absolute atomic E-state index is 12.7. The first kappa shape index (κ1) is 24.3. The van der Waals surface area contributed by atoms with Crippen molar-refractivity contribution in [3.63, 3.8) is 0 Å². The molecule has 2 aromatic carbocycles. The van der Waals surface area contributed by atoms with Gasteiger partial charge >= 0.3 is 0 Å². The number of hydrogen-bond acceptors (Lipinski definition) is 4. The molecule has 0 saturated carbocycles. The summed E-state index contributed by atoms with van der Waals surface area (Å²) in [4.78, 5) is 17.6. The predicted octanol–water partition coefficient (Wildman–Crippen LogP) is 5.71. The number of aromatic nitrogens is 2. The van der Waals surface area contributed by atoms with Crippen LogP contribution in [0.4, 0.5) is 0 Å². The van der Waals surface area contributed by atoms with E-state index in [1.807, 2.05) is 55.5 Å². The first-order chi connectivity index (χ1) is 17.0. The van der Waals surface area contributed by atoms with Gasteiger partial charge in [-0.25, -0.2) is 4.98 Å². The third-order valence-electron chi connectivity index (χ3n) is 6.57. The largest absolute Gasteiger partial charge is 0.493 e. The molecule has 35 heavy (non-hydrogen) atoms. The molecule has 6 nitrogen and oxygen atoms in total. The number of hydrogen-bond donors (Lipinski definition) is 1. The van der Waals surface area contributed by atoms with Crippen molar-refractivity contribution in [3.8, 4) is 22.8 Å². The molecule has 0 atom stereocenters. The van der Waals surface area contributed by atoms with Gasteiger partial charge in [0.25, 0.3) is 5.91 Å². The second kappa shape index (κ2) is 10.6. The summed E-state index contributed by atoms with van der Waals surface area (Å²) in [6.07, 6.45) is 3.69. The summed E-state index contributed by atoms with van der Waals surface area (Å²) in [5.74, 6) is 0.993. The number of primary amides is 1. The summed E-state index contributed by atoms with van der Waals surface area (Å²) in [5, 5.41) is 1.07. The first-order valence-corrected chi connectivity index (χ1v) is 12.1. The Hall–Kier alpha value is -3.80. The van der Waals surface area contributed by atoms with Crippen molar-refractivity contribution < 1.29 is 14.3 Å². The number of amides is 1. The van der Waals surface area contributed by atoms with Crippen LogP contribution in [0.1, 0.15) is 47.1 Å². The fourth-order valence-electron chi connectivity index (χ4n) is 4.76. The number of methoxy groups -OCH3 is 2. The average Bonchev–Trinajstić information content (AvgIpc) is 3.16. The second-order valence-corrected chi connectivity index (χ2v) is 8.73. The zero-order valence-electron chi connectivity index (χ0n) is 20.9. The number of rotatable bonds is 10. The van der Waals surface area contributed by atoms with Gasteiger partial charge in [0.1, 0.15) is 0 Å². The number of ether oxygens (including phenoxy) is 2. The van der Waals surface area contributed by atoms with Crippen molar-refractivity contribution >= 4 is 16.8 Å². The first-order valence-electron chi connectivity index (χ1n) is 12.1. The Kier molecular flexibility index (Phi) is 7.39. The van der Waals surface area contributed by atoms with Gasteiger partial charge in [-0.05, 0) is 56.0 Å². The third-order valence-corrected chi connectivity index (χ3v) is 6.57. The predicted molar refractivity (Wildman–Crippen MR) is 140 cm³/mol. The van der Waals surface area contributed by atoms with E-state index in [4.69, 9.17) is 20.2 Å². The summed E-state index contributed by atoms with van der Waals surface area (Å²) < 4.78 is 13.1.